The van der Waals surface area contributed by atoms with Crippen LogP contribution in [0.25, 0.3) is 0 Å². The predicted octanol–water partition coefficient (Wildman–Crippen LogP) is 1.79. The van der Waals surface area contributed by atoms with E-state index in [2.05, 4.69) is 12.2 Å². The first-order valence-corrected chi connectivity index (χ1v) is 7.72. The Morgan fingerprint density at radius 2 is 2.16 bits per heavy atom. The number of nitrogens with zero attached hydrogens (tertiary/aromatic N) is 1. The van der Waals surface area contributed by atoms with E-state index in [-0.39, 0.29) is 18.0 Å². The highest BCUT2D eigenvalue weighted by molar-refractivity contribution is 5.82. The summed E-state index contributed by atoms with van der Waals surface area (Å²) in [6, 6.07) is 0.776. The topological polar surface area (TPSA) is 41.6 Å². The molecule has 2 aliphatic rings. The maximum atomic E-state index is 12.6. The molecule has 110 valence electrons. The first-order valence-electron chi connectivity index (χ1n) is 7.72. The molecule has 4 heteroatoms. The van der Waals surface area contributed by atoms with E-state index in [1.165, 1.54) is 25.7 Å². The van der Waals surface area contributed by atoms with Crippen molar-refractivity contribution in [3.05, 3.63) is 0 Å². The van der Waals surface area contributed by atoms with Crippen LogP contribution in [0.2, 0.25) is 0 Å². The number of amides is 1. The highest BCUT2D eigenvalue weighted by Gasteiger charge is 2.40. The van der Waals surface area contributed by atoms with Gasteiger partial charge in [-0.05, 0) is 39.0 Å². The lowest BCUT2D eigenvalue weighted by molar-refractivity contribution is -0.136. The van der Waals surface area contributed by atoms with Gasteiger partial charge in [0.25, 0.3) is 0 Å². The lowest BCUT2D eigenvalue weighted by Crippen LogP contribution is -2.49. The maximum absolute atomic E-state index is 12.6. The number of hydrogen-bond donors (Lipinski definition) is 1. The first-order chi connectivity index (χ1) is 9.17. The zero-order valence-corrected chi connectivity index (χ0v) is 12.5. The van der Waals surface area contributed by atoms with Crippen molar-refractivity contribution < 1.29 is 9.53 Å². The molecule has 0 aromatic carbocycles. The molecule has 4 unspecified atom stereocenters. The van der Waals surface area contributed by atoms with Gasteiger partial charge in [-0.15, -0.1) is 0 Å². The number of likely N-dealkylation sites (N-methyl/N-ethyl adjacent to an activating group) is 1. The molecular weight excluding hydrogens is 240 g/mol. The second-order valence-corrected chi connectivity index (χ2v) is 6.03. The van der Waals surface area contributed by atoms with Crippen molar-refractivity contribution in [1.82, 2.24) is 10.2 Å². The van der Waals surface area contributed by atoms with Crippen LogP contribution in [-0.4, -0.2) is 49.2 Å². The van der Waals surface area contributed by atoms with Gasteiger partial charge < -0.3 is 15.0 Å². The van der Waals surface area contributed by atoms with Crippen molar-refractivity contribution in [1.29, 1.82) is 0 Å². The molecule has 1 N–H and O–H groups in total. The van der Waals surface area contributed by atoms with E-state index in [4.69, 9.17) is 4.74 Å². The van der Waals surface area contributed by atoms with Crippen LogP contribution in [0.15, 0.2) is 0 Å². The largest absolute Gasteiger partial charge is 0.383 e. The third-order valence-electron chi connectivity index (χ3n) is 4.72. The van der Waals surface area contributed by atoms with Gasteiger partial charge in [0.1, 0.15) is 0 Å². The third-order valence-corrected chi connectivity index (χ3v) is 4.72. The lowest BCUT2D eigenvalue weighted by atomic mass is 9.85. The molecule has 1 heterocycles. The summed E-state index contributed by atoms with van der Waals surface area (Å²) in [6.07, 6.45) is 6.21. The molecule has 2 rings (SSSR count). The van der Waals surface area contributed by atoms with E-state index in [0.717, 1.165) is 18.9 Å². The van der Waals surface area contributed by atoms with E-state index < -0.39 is 0 Å². The molecular formula is C15H28N2O2. The lowest BCUT2D eigenvalue weighted by Gasteiger charge is -2.30. The van der Waals surface area contributed by atoms with Gasteiger partial charge in [0.2, 0.25) is 5.91 Å². The molecule has 2 fully saturated rings. The number of nitrogens with one attached hydrogen (secondary N) is 1. The van der Waals surface area contributed by atoms with E-state index in [1.54, 1.807) is 7.11 Å². The highest BCUT2D eigenvalue weighted by atomic mass is 16.5. The van der Waals surface area contributed by atoms with Crippen LogP contribution >= 0.6 is 0 Å². The summed E-state index contributed by atoms with van der Waals surface area (Å²) >= 11 is 0. The minimum Gasteiger partial charge on any atom is -0.383 e. The zero-order valence-electron chi connectivity index (χ0n) is 12.5. The molecule has 19 heavy (non-hydrogen) atoms. The average molecular weight is 268 g/mol. The highest BCUT2D eigenvalue weighted by Crippen LogP contribution is 2.33. The molecule has 4 atom stereocenters. The number of carbonyl (C=O) groups excluding carboxylic acids is 1. The molecule has 0 bridgehead atoms. The Morgan fingerprint density at radius 1 is 1.42 bits per heavy atom. The van der Waals surface area contributed by atoms with Gasteiger partial charge in [-0.25, -0.2) is 0 Å². The van der Waals surface area contributed by atoms with Crippen LogP contribution < -0.4 is 5.32 Å². The van der Waals surface area contributed by atoms with E-state index in [0.29, 0.717) is 12.6 Å². The van der Waals surface area contributed by atoms with Gasteiger partial charge in [0.05, 0.1) is 18.7 Å². The fraction of sp³-hybridized carbons (Fsp3) is 0.933. The number of ether oxygens (including phenoxy) is 1. The fourth-order valence-corrected chi connectivity index (χ4v) is 3.73. The summed E-state index contributed by atoms with van der Waals surface area (Å²) < 4.78 is 5.18. The fourth-order valence-electron chi connectivity index (χ4n) is 3.73. The third kappa shape index (κ3) is 3.29. The number of methoxy groups -OCH3 is 1. The van der Waals surface area contributed by atoms with Crippen LogP contribution in [0.3, 0.4) is 0 Å². The first kappa shape index (κ1) is 14.8. The Kier molecular flexibility index (Phi) is 5.22. The molecule has 0 radical (unpaired) electrons. The average Bonchev–Trinajstić information content (AvgIpc) is 2.83. The van der Waals surface area contributed by atoms with Crippen molar-refractivity contribution >= 4 is 5.91 Å². The van der Waals surface area contributed by atoms with Gasteiger partial charge in [0, 0.05) is 19.7 Å². The van der Waals surface area contributed by atoms with Crippen LogP contribution in [0.1, 0.15) is 46.0 Å². The van der Waals surface area contributed by atoms with E-state index in [1.807, 2.05) is 11.8 Å². The number of hydrogen-bond acceptors (Lipinski definition) is 3. The summed E-state index contributed by atoms with van der Waals surface area (Å²) in [4.78, 5) is 14.6. The van der Waals surface area contributed by atoms with Crippen LogP contribution in [0.4, 0.5) is 0 Å². The van der Waals surface area contributed by atoms with Crippen molar-refractivity contribution in [3.63, 3.8) is 0 Å². The van der Waals surface area contributed by atoms with Gasteiger partial charge >= 0.3 is 0 Å². The van der Waals surface area contributed by atoms with Crippen LogP contribution in [-0.2, 0) is 9.53 Å². The van der Waals surface area contributed by atoms with Crippen LogP contribution in [0, 0.1) is 5.92 Å². The number of fused-ring (bicyclic) bond motifs is 1. The maximum Gasteiger partial charge on any atom is 0.240 e. The van der Waals surface area contributed by atoms with Gasteiger partial charge in [0.15, 0.2) is 0 Å². The molecule has 1 saturated carbocycles. The number of carbonyl (C=O) groups is 1. The summed E-state index contributed by atoms with van der Waals surface area (Å²) in [5.41, 5.74) is 0. The van der Waals surface area contributed by atoms with Crippen molar-refractivity contribution in [2.24, 2.45) is 5.92 Å². The Hall–Kier alpha value is -0.610. The minimum atomic E-state index is 0.0346. The zero-order chi connectivity index (χ0) is 13.8. The van der Waals surface area contributed by atoms with E-state index >= 15 is 0 Å². The second kappa shape index (κ2) is 6.71. The van der Waals surface area contributed by atoms with Crippen molar-refractivity contribution in [2.45, 2.75) is 64.1 Å². The molecule has 1 saturated heterocycles. The van der Waals surface area contributed by atoms with Crippen LogP contribution in [0.5, 0.6) is 0 Å². The quantitative estimate of drug-likeness (QED) is 0.826. The summed E-state index contributed by atoms with van der Waals surface area (Å²) in [5, 5.41) is 3.57. The Balaban J connectivity index is 1.95. The molecule has 1 aliphatic heterocycles. The molecule has 4 nitrogen and oxygen atoms in total. The SMILES string of the molecule is CCN(C(=O)C1CC2CCCCC2N1)C(C)COC. The second-order valence-electron chi connectivity index (χ2n) is 6.03. The molecule has 1 amide bonds. The Labute approximate surface area is 116 Å². The van der Waals surface area contributed by atoms with Gasteiger partial charge in [-0.2, -0.15) is 0 Å². The molecule has 0 aromatic heterocycles. The van der Waals surface area contributed by atoms with Gasteiger partial charge in [-0.1, -0.05) is 12.8 Å². The summed E-state index contributed by atoms with van der Waals surface area (Å²) in [7, 11) is 1.69. The minimum absolute atomic E-state index is 0.0346. The predicted molar refractivity (Wildman–Crippen MR) is 76.0 cm³/mol. The smallest absolute Gasteiger partial charge is 0.240 e. The Bertz CT molecular complexity index is 295. The molecule has 0 spiro atoms. The monoisotopic (exact) mass is 268 g/mol. The molecule has 0 aromatic rings. The Morgan fingerprint density at radius 3 is 2.79 bits per heavy atom. The standard InChI is InChI=1S/C15H28N2O2/c1-4-17(11(2)10-19-3)15(18)14-9-12-7-5-6-8-13(12)16-14/h11-14,16H,4-10H2,1-3H3. The number of rotatable bonds is 5. The summed E-state index contributed by atoms with van der Waals surface area (Å²) in [6.45, 7) is 5.48. The van der Waals surface area contributed by atoms with Gasteiger partial charge in [-0.3, -0.25) is 4.79 Å². The normalized spacial score (nSPS) is 31.8. The van der Waals surface area contributed by atoms with Crippen molar-refractivity contribution in [3.8, 4) is 0 Å². The summed E-state index contributed by atoms with van der Waals surface area (Å²) in [5.74, 6) is 0.987. The van der Waals surface area contributed by atoms with Crippen molar-refractivity contribution in [2.75, 3.05) is 20.3 Å². The molecule has 1 aliphatic carbocycles. The van der Waals surface area contributed by atoms with E-state index in [9.17, 15) is 4.79 Å².